The van der Waals surface area contributed by atoms with E-state index in [1.165, 1.54) is 4.88 Å². The third kappa shape index (κ3) is 3.63. The lowest BCUT2D eigenvalue weighted by Crippen LogP contribution is -2.50. The van der Waals surface area contributed by atoms with Gasteiger partial charge in [0.25, 0.3) is 0 Å². The molecule has 1 atom stereocenters. The Labute approximate surface area is 107 Å². The standard InChI is InChI=1S/C13H20N2OS/c1-14-5-6-15(2)11(10-14)8-12(16)9-13-4-3-7-17-13/h3-4,7,11H,5-6,8-10H2,1-2H3. The highest BCUT2D eigenvalue weighted by atomic mass is 32.1. The number of hydrogen-bond acceptors (Lipinski definition) is 4. The molecule has 3 nitrogen and oxygen atoms in total. The van der Waals surface area contributed by atoms with Crippen LogP contribution in [0.2, 0.25) is 0 Å². The van der Waals surface area contributed by atoms with Crippen molar-refractivity contribution in [3.63, 3.8) is 0 Å². The first-order valence-corrected chi connectivity index (χ1v) is 6.96. The Bertz CT molecular complexity index is 364. The van der Waals surface area contributed by atoms with Crippen LogP contribution in [-0.4, -0.2) is 55.4 Å². The minimum atomic E-state index is 0.361. The first kappa shape index (κ1) is 12.7. The molecule has 0 radical (unpaired) electrons. The highest BCUT2D eigenvalue weighted by molar-refractivity contribution is 7.10. The first-order chi connectivity index (χ1) is 8.15. The molecule has 1 unspecified atom stereocenters. The first-order valence-electron chi connectivity index (χ1n) is 6.08. The van der Waals surface area contributed by atoms with Crippen molar-refractivity contribution >= 4 is 17.1 Å². The van der Waals surface area contributed by atoms with Crippen molar-refractivity contribution in [3.05, 3.63) is 22.4 Å². The van der Waals surface area contributed by atoms with Crippen LogP contribution in [0.25, 0.3) is 0 Å². The Kier molecular flexibility index (Phi) is 4.31. The van der Waals surface area contributed by atoms with Crippen LogP contribution in [0.4, 0.5) is 0 Å². The second kappa shape index (κ2) is 5.76. The quantitative estimate of drug-likeness (QED) is 0.811. The van der Waals surface area contributed by atoms with Gasteiger partial charge in [0.2, 0.25) is 0 Å². The molecule has 0 amide bonds. The Morgan fingerprint density at radius 2 is 2.29 bits per heavy atom. The van der Waals surface area contributed by atoms with Gasteiger partial charge in [0.15, 0.2) is 0 Å². The molecule has 2 heterocycles. The Morgan fingerprint density at radius 3 is 3.00 bits per heavy atom. The predicted octanol–water partition coefficient (Wildman–Crippen LogP) is 1.50. The van der Waals surface area contributed by atoms with Crippen LogP contribution in [0, 0.1) is 0 Å². The maximum absolute atomic E-state index is 12.0. The largest absolute Gasteiger partial charge is 0.304 e. The smallest absolute Gasteiger partial charge is 0.139 e. The molecule has 1 aromatic heterocycles. The van der Waals surface area contributed by atoms with Gasteiger partial charge >= 0.3 is 0 Å². The van der Waals surface area contributed by atoms with E-state index < -0.39 is 0 Å². The van der Waals surface area contributed by atoms with E-state index in [1.54, 1.807) is 11.3 Å². The SMILES string of the molecule is CN1CCN(C)C(CC(=O)Cc2cccs2)C1. The van der Waals surface area contributed by atoms with E-state index in [9.17, 15) is 4.79 Å². The molecule has 2 rings (SSSR count). The number of ketones is 1. The van der Waals surface area contributed by atoms with E-state index in [2.05, 4.69) is 23.9 Å². The minimum absolute atomic E-state index is 0.361. The van der Waals surface area contributed by atoms with Crippen LogP contribution in [0.3, 0.4) is 0 Å². The third-order valence-corrected chi connectivity index (χ3v) is 4.27. The van der Waals surface area contributed by atoms with Crippen molar-refractivity contribution in [2.75, 3.05) is 33.7 Å². The van der Waals surface area contributed by atoms with Gasteiger partial charge in [0.1, 0.15) is 5.78 Å². The van der Waals surface area contributed by atoms with Crippen LogP contribution in [-0.2, 0) is 11.2 Å². The fourth-order valence-corrected chi connectivity index (χ4v) is 3.00. The summed E-state index contributed by atoms with van der Waals surface area (Å²) in [7, 11) is 4.25. The predicted molar refractivity (Wildman–Crippen MR) is 71.6 cm³/mol. The van der Waals surface area contributed by atoms with E-state index in [0.717, 1.165) is 19.6 Å². The fourth-order valence-electron chi connectivity index (χ4n) is 2.26. The van der Waals surface area contributed by atoms with Gasteiger partial charge in [-0.25, -0.2) is 0 Å². The number of carbonyl (C=O) groups excluding carboxylic acids is 1. The summed E-state index contributed by atoms with van der Waals surface area (Å²) in [5.74, 6) is 0.361. The third-order valence-electron chi connectivity index (χ3n) is 3.39. The molecule has 0 aromatic carbocycles. The summed E-state index contributed by atoms with van der Waals surface area (Å²) in [6.45, 7) is 3.17. The lowest BCUT2D eigenvalue weighted by molar-refractivity contribution is -0.120. The summed E-state index contributed by atoms with van der Waals surface area (Å²) in [5, 5.41) is 2.03. The molecule has 1 saturated heterocycles. The van der Waals surface area contributed by atoms with Gasteiger partial charge in [-0.3, -0.25) is 4.79 Å². The molecule has 0 bridgehead atoms. The van der Waals surface area contributed by atoms with E-state index in [4.69, 9.17) is 0 Å². The van der Waals surface area contributed by atoms with Crippen LogP contribution >= 0.6 is 11.3 Å². The number of nitrogens with zero attached hydrogens (tertiary/aromatic N) is 2. The average Bonchev–Trinajstić information content (AvgIpc) is 2.76. The maximum atomic E-state index is 12.0. The minimum Gasteiger partial charge on any atom is -0.304 e. The Balaban J connectivity index is 1.85. The van der Waals surface area contributed by atoms with E-state index >= 15 is 0 Å². The maximum Gasteiger partial charge on any atom is 0.139 e. The van der Waals surface area contributed by atoms with E-state index in [-0.39, 0.29) is 0 Å². The molecule has 4 heteroatoms. The average molecular weight is 252 g/mol. The molecule has 0 aliphatic carbocycles. The molecule has 1 aliphatic rings. The molecule has 0 saturated carbocycles. The summed E-state index contributed by atoms with van der Waals surface area (Å²) in [6, 6.07) is 4.44. The lowest BCUT2D eigenvalue weighted by Gasteiger charge is -2.37. The number of piperazine rings is 1. The second-order valence-corrected chi connectivity index (χ2v) is 5.93. The summed E-state index contributed by atoms with van der Waals surface area (Å²) >= 11 is 1.67. The number of Topliss-reactive ketones (excluding diaryl/α,β-unsaturated/α-hetero) is 1. The van der Waals surface area contributed by atoms with Crippen LogP contribution < -0.4 is 0 Å². The van der Waals surface area contributed by atoms with Gasteiger partial charge in [-0.05, 0) is 25.5 Å². The zero-order valence-electron chi connectivity index (χ0n) is 10.6. The lowest BCUT2D eigenvalue weighted by atomic mass is 10.0. The molecule has 1 aliphatic heterocycles. The number of likely N-dealkylation sites (N-methyl/N-ethyl adjacent to an activating group) is 2. The fraction of sp³-hybridized carbons (Fsp3) is 0.615. The van der Waals surface area contributed by atoms with E-state index in [1.807, 2.05) is 17.5 Å². The van der Waals surface area contributed by atoms with Crippen molar-refractivity contribution in [2.45, 2.75) is 18.9 Å². The molecular formula is C13H20N2OS. The number of carbonyl (C=O) groups is 1. The van der Waals surface area contributed by atoms with Gasteiger partial charge in [0, 0.05) is 43.4 Å². The molecule has 17 heavy (non-hydrogen) atoms. The van der Waals surface area contributed by atoms with Crippen LogP contribution in [0.15, 0.2) is 17.5 Å². The summed E-state index contributed by atoms with van der Waals surface area (Å²) in [5.41, 5.74) is 0. The molecular weight excluding hydrogens is 232 g/mol. The summed E-state index contributed by atoms with van der Waals surface area (Å²) in [4.78, 5) is 17.8. The van der Waals surface area contributed by atoms with E-state index in [0.29, 0.717) is 24.7 Å². The Hall–Kier alpha value is -0.710. The second-order valence-electron chi connectivity index (χ2n) is 4.90. The van der Waals surface area contributed by atoms with Crippen LogP contribution in [0.1, 0.15) is 11.3 Å². The van der Waals surface area contributed by atoms with Crippen molar-refractivity contribution in [3.8, 4) is 0 Å². The summed E-state index contributed by atoms with van der Waals surface area (Å²) in [6.07, 6.45) is 1.28. The van der Waals surface area contributed by atoms with Crippen molar-refractivity contribution in [1.29, 1.82) is 0 Å². The van der Waals surface area contributed by atoms with Crippen molar-refractivity contribution < 1.29 is 4.79 Å². The molecule has 0 N–H and O–H groups in total. The van der Waals surface area contributed by atoms with Gasteiger partial charge in [-0.15, -0.1) is 11.3 Å². The van der Waals surface area contributed by atoms with Gasteiger partial charge in [-0.1, -0.05) is 6.07 Å². The number of rotatable bonds is 4. The monoisotopic (exact) mass is 252 g/mol. The molecule has 94 valence electrons. The highest BCUT2D eigenvalue weighted by Crippen LogP contribution is 2.14. The number of hydrogen-bond donors (Lipinski definition) is 0. The topological polar surface area (TPSA) is 23.6 Å². The van der Waals surface area contributed by atoms with Gasteiger partial charge < -0.3 is 9.80 Å². The van der Waals surface area contributed by atoms with Crippen molar-refractivity contribution in [2.24, 2.45) is 0 Å². The molecule has 1 aromatic rings. The summed E-state index contributed by atoms with van der Waals surface area (Å²) < 4.78 is 0. The molecule has 0 spiro atoms. The Morgan fingerprint density at radius 1 is 1.47 bits per heavy atom. The van der Waals surface area contributed by atoms with Crippen LogP contribution in [0.5, 0.6) is 0 Å². The van der Waals surface area contributed by atoms with Gasteiger partial charge in [0.05, 0.1) is 0 Å². The normalized spacial score (nSPS) is 22.8. The van der Waals surface area contributed by atoms with Gasteiger partial charge in [-0.2, -0.15) is 0 Å². The number of thiophene rings is 1. The zero-order chi connectivity index (χ0) is 12.3. The zero-order valence-corrected chi connectivity index (χ0v) is 11.4. The highest BCUT2D eigenvalue weighted by Gasteiger charge is 2.24. The molecule has 1 fully saturated rings. The van der Waals surface area contributed by atoms with Crippen molar-refractivity contribution in [1.82, 2.24) is 9.80 Å².